The van der Waals surface area contributed by atoms with Gasteiger partial charge in [-0.2, -0.15) is 4.68 Å². The van der Waals surface area contributed by atoms with Crippen molar-refractivity contribution in [1.29, 1.82) is 0 Å². The van der Waals surface area contributed by atoms with E-state index in [9.17, 15) is 4.79 Å². The number of amides is 1. The Balaban J connectivity index is 1.46. The second-order valence-electron chi connectivity index (χ2n) is 6.89. The number of nitrogens with one attached hydrogen (secondary N) is 1. The average Bonchev–Trinajstić information content (AvgIpc) is 3.17. The third-order valence-electron chi connectivity index (χ3n) is 4.31. The van der Waals surface area contributed by atoms with Crippen molar-refractivity contribution < 1.29 is 9.53 Å². The van der Waals surface area contributed by atoms with Crippen LogP contribution in [-0.4, -0.2) is 32.0 Å². The number of hydrogen-bond acceptors (Lipinski definition) is 5. The second-order valence-corrected chi connectivity index (χ2v) is 6.89. The van der Waals surface area contributed by atoms with Gasteiger partial charge >= 0.3 is 0 Å². The van der Waals surface area contributed by atoms with Gasteiger partial charge in [0.15, 0.2) is 5.65 Å². The molecule has 2 heterocycles. The number of nitrogens with zero attached hydrogens (tertiary/aromatic N) is 4. The zero-order valence-corrected chi connectivity index (χ0v) is 16.2. The summed E-state index contributed by atoms with van der Waals surface area (Å²) in [6, 6.07) is 18.6. The molecule has 2 aromatic heterocycles. The van der Waals surface area contributed by atoms with E-state index < -0.39 is 0 Å². The fourth-order valence-corrected chi connectivity index (χ4v) is 2.96. The first-order valence-electron chi connectivity index (χ1n) is 9.41. The Bertz CT molecular complexity index is 1140. The van der Waals surface area contributed by atoms with Gasteiger partial charge in [0.2, 0.25) is 0 Å². The first-order chi connectivity index (χ1) is 14.1. The lowest BCUT2D eigenvalue weighted by molar-refractivity contribution is 0.0951. The topological polar surface area (TPSA) is 81.9 Å². The number of benzene rings is 2. The van der Waals surface area contributed by atoms with E-state index in [1.165, 1.54) is 0 Å². The predicted molar refractivity (Wildman–Crippen MR) is 110 cm³/mol. The zero-order chi connectivity index (χ0) is 20.2. The van der Waals surface area contributed by atoms with E-state index in [0.29, 0.717) is 23.3 Å². The summed E-state index contributed by atoms with van der Waals surface area (Å²) in [6.45, 7) is 4.40. The molecule has 0 fully saturated rings. The van der Waals surface area contributed by atoms with E-state index in [-0.39, 0.29) is 12.0 Å². The molecule has 4 rings (SSSR count). The molecule has 0 atom stereocenters. The van der Waals surface area contributed by atoms with Crippen LogP contribution in [0.25, 0.3) is 16.9 Å². The van der Waals surface area contributed by atoms with Crippen molar-refractivity contribution in [2.75, 3.05) is 0 Å². The van der Waals surface area contributed by atoms with Crippen molar-refractivity contribution in [2.45, 2.75) is 26.5 Å². The third-order valence-corrected chi connectivity index (χ3v) is 4.31. The summed E-state index contributed by atoms with van der Waals surface area (Å²) in [6.07, 6.45) is 1.82. The van der Waals surface area contributed by atoms with Crippen molar-refractivity contribution in [3.05, 3.63) is 78.0 Å². The minimum Gasteiger partial charge on any atom is -0.491 e. The molecule has 7 nitrogen and oxygen atoms in total. The number of carbonyl (C=O) groups excluding carboxylic acids is 1. The Kier molecular flexibility index (Phi) is 5.20. The minimum atomic E-state index is -0.160. The number of aromatic nitrogens is 4. The maximum atomic E-state index is 12.6. The van der Waals surface area contributed by atoms with E-state index in [2.05, 4.69) is 20.6 Å². The molecule has 0 unspecified atom stereocenters. The summed E-state index contributed by atoms with van der Waals surface area (Å²) in [5, 5.41) is 11.2. The Morgan fingerprint density at radius 3 is 2.72 bits per heavy atom. The quantitative estimate of drug-likeness (QED) is 0.547. The average molecular weight is 387 g/mol. The van der Waals surface area contributed by atoms with Gasteiger partial charge in [0.05, 0.1) is 11.8 Å². The zero-order valence-electron chi connectivity index (χ0n) is 16.2. The lowest BCUT2D eigenvalue weighted by atomic mass is 10.1. The number of rotatable bonds is 6. The van der Waals surface area contributed by atoms with E-state index >= 15 is 0 Å². The molecule has 0 spiro atoms. The monoisotopic (exact) mass is 387 g/mol. The van der Waals surface area contributed by atoms with Crippen molar-refractivity contribution in [2.24, 2.45) is 0 Å². The highest BCUT2D eigenvalue weighted by atomic mass is 16.5. The Labute approximate surface area is 168 Å². The van der Waals surface area contributed by atoms with Crippen molar-refractivity contribution in [3.63, 3.8) is 0 Å². The smallest absolute Gasteiger partial charge is 0.251 e. The Morgan fingerprint density at radius 1 is 1.10 bits per heavy atom. The second kappa shape index (κ2) is 8.10. The van der Waals surface area contributed by atoms with Crippen molar-refractivity contribution in [3.8, 4) is 11.4 Å². The van der Waals surface area contributed by atoms with Crippen LogP contribution < -0.4 is 10.1 Å². The lowest BCUT2D eigenvalue weighted by Gasteiger charge is -2.11. The van der Waals surface area contributed by atoms with E-state index in [1.807, 2.05) is 62.4 Å². The molecule has 2 aromatic carbocycles. The molecule has 0 saturated carbocycles. The SMILES string of the molecule is CC(C)Oc1ccc(CNC(=O)c2cccc(-n3nnc4cccnc43)c2)cc1. The van der Waals surface area contributed by atoms with Gasteiger partial charge in [0.25, 0.3) is 5.91 Å². The number of pyridine rings is 1. The molecule has 4 aromatic rings. The molecule has 0 aliphatic carbocycles. The molecule has 29 heavy (non-hydrogen) atoms. The summed E-state index contributed by atoms with van der Waals surface area (Å²) in [5.74, 6) is 0.656. The van der Waals surface area contributed by atoms with Crippen LogP contribution in [0, 0.1) is 0 Å². The fraction of sp³-hybridized carbons (Fsp3) is 0.182. The predicted octanol–water partition coefficient (Wildman–Crippen LogP) is 3.53. The normalized spacial score (nSPS) is 11.0. The summed E-state index contributed by atoms with van der Waals surface area (Å²) in [4.78, 5) is 16.9. The molecular formula is C22H21N5O2. The van der Waals surface area contributed by atoms with Crippen molar-refractivity contribution in [1.82, 2.24) is 25.3 Å². The molecule has 1 amide bonds. The van der Waals surface area contributed by atoms with Gasteiger partial charge < -0.3 is 10.1 Å². The van der Waals surface area contributed by atoms with E-state index in [4.69, 9.17) is 4.74 Å². The molecule has 0 aliphatic rings. The number of ether oxygens (including phenoxy) is 1. The van der Waals surface area contributed by atoms with Crippen LogP contribution in [0.4, 0.5) is 0 Å². The van der Waals surface area contributed by atoms with Crippen LogP contribution in [0.1, 0.15) is 29.8 Å². The van der Waals surface area contributed by atoms with Gasteiger partial charge in [-0.25, -0.2) is 4.98 Å². The van der Waals surface area contributed by atoms with Crippen molar-refractivity contribution >= 4 is 17.1 Å². The number of fused-ring (bicyclic) bond motifs is 1. The van der Waals surface area contributed by atoms with Crippen LogP contribution in [0.3, 0.4) is 0 Å². The molecular weight excluding hydrogens is 366 g/mol. The fourth-order valence-electron chi connectivity index (χ4n) is 2.96. The van der Waals surface area contributed by atoms with Crippen LogP contribution in [0.15, 0.2) is 66.9 Å². The number of carbonyl (C=O) groups is 1. The van der Waals surface area contributed by atoms with Gasteiger partial charge in [-0.15, -0.1) is 5.10 Å². The van der Waals surface area contributed by atoms with Gasteiger partial charge in [0.1, 0.15) is 11.3 Å². The van der Waals surface area contributed by atoms with Crippen LogP contribution in [0.2, 0.25) is 0 Å². The molecule has 0 aliphatic heterocycles. The van der Waals surface area contributed by atoms with Crippen LogP contribution in [-0.2, 0) is 6.54 Å². The summed E-state index contributed by atoms with van der Waals surface area (Å²) < 4.78 is 7.26. The third kappa shape index (κ3) is 4.24. The van der Waals surface area contributed by atoms with Crippen LogP contribution >= 0.6 is 0 Å². The molecule has 146 valence electrons. The Morgan fingerprint density at radius 2 is 1.93 bits per heavy atom. The number of hydrogen-bond donors (Lipinski definition) is 1. The highest BCUT2D eigenvalue weighted by Gasteiger charge is 2.11. The van der Waals surface area contributed by atoms with Gasteiger partial charge in [-0.05, 0) is 61.9 Å². The maximum absolute atomic E-state index is 12.6. The summed E-state index contributed by atoms with van der Waals surface area (Å²) in [7, 11) is 0. The molecule has 1 N–H and O–H groups in total. The molecule has 0 bridgehead atoms. The largest absolute Gasteiger partial charge is 0.491 e. The maximum Gasteiger partial charge on any atom is 0.251 e. The molecule has 0 saturated heterocycles. The first kappa shape index (κ1) is 18.6. The summed E-state index contributed by atoms with van der Waals surface area (Å²) in [5.41, 5.74) is 3.62. The summed E-state index contributed by atoms with van der Waals surface area (Å²) >= 11 is 0. The molecule has 0 radical (unpaired) electrons. The highest BCUT2D eigenvalue weighted by molar-refractivity contribution is 5.94. The minimum absolute atomic E-state index is 0.130. The lowest BCUT2D eigenvalue weighted by Crippen LogP contribution is -2.23. The van der Waals surface area contributed by atoms with E-state index in [0.717, 1.165) is 17.0 Å². The van der Waals surface area contributed by atoms with Gasteiger partial charge in [0, 0.05) is 18.3 Å². The highest BCUT2D eigenvalue weighted by Crippen LogP contribution is 2.16. The first-order valence-corrected chi connectivity index (χ1v) is 9.41. The standard InChI is InChI=1S/C22H21N5O2/c1-15(2)29-19-10-8-16(9-11-19)14-24-22(28)17-5-3-6-18(13-17)27-21-20(25-26-27)7-4-12-23-21/h3-13,15H,14H2,1-2H3,(H,24,28). The van der Waals surface area contributed by atoms with E-state index in [1.54, 1.807) is 23.0 Å². The van der Waals surface area contributed by atoms with Crippen LogP contribution in [0.5, 0.6) is 5.75 Å². The van der Waals surface area contributed by atoms with Gasteiger partial charge in [-0.3, -0.25) is 4.79 Å². The Hall–Kier alpha value is -3.74. The molecule has 7 heteroatoms. The van der Waals surface area contributed by atoms with Gasteiger partial charge in [-0.1, -0.05) is 23.4 Å².